The second kappa shape index (κ2) is 6.31. The minimum Gasteiger partial charge on any atom is -0.370 e. The maximum atomic E-state index is 12.0. The summed E-state index contributed by atoms with van der Waals surface area (Å²) in [4.78, 5) is 20.5. The molecule has 0 spiro atoms. The van der Waals surface area contributed by atoms with E-state index < -0.39 is 0 Å². The summed E-state index contributed by atoms with van der Waals surface area (Å²) in [5.41, 5.74) is -0.118. The first-order valence-electron chi connectivity index (χ1n) is 7.58. The van der Waals surface area contributed by atoms with Gasteiger partial charge in [0.2, 0.25) is 0 Å². The molecule has 2 atom stereocenters. The van der Waals surface area contributed by atoms with Gasteiger partial charge in [-0.1, -0.05) is 0 Å². The van der Waals surface area contributed by atoms with Gasteiger partial charge in [0.05, 0.1) is 0 Å². The topological polar surface area (TPSA) is 74.0 Å². The van der Waals surface area contributed by atoms with Gasteiger partial charge in [0.1, 0.15) is 11.9 Å². The molecule has 0 aromatic carbocycles. The average molecular weight is 303 g/mol. The average Bonchev–Trinajstić information content (AvgIpc) is 3.16. The molecule has 1 aliphatic heterocycles. The summed E-state index contributed by atoms with van der Waals surface area (Å²) in [6.45, 7) is 4.32. The van der Waals surface area contributed by atoms with E-state index in [1.807, 2.05) is 6.20 Å². The molecule has 0 unspecified atom stereocenters. The van der Waals surface area contributed by atoms with Crippen LogP contribution in [0.25, 0.3) is 0 Å². The van der Waals surface area contributed by atoms with E-state index in [0.29, 0.717) is 19.0 Å². The fourth-order valence-corrected chi connectivity index (χ4v) is 2.82. The van der Waals surface area contributed by atoms with Gasteiger partial charge in [-0.25, -0.2) is 9.97 Å². The molecule has 0 aliphatic carbocycles. The summed E-state index contributed by atoms with van der Waals surface area (Å²) < 4.78 is 9.48. The third-order valence-corrected chi connectivity index (χ3v) is 4.11. The van der Waals surface area contributed by atoms with Crippen LogP contribution in [0.1, 0.15) is 25.3 Å². The number of hydrogen-bond donors (Lipinski definition) is 1. The number of nitrogens with zero attached hydrogens (tertiary/aromatic N) is 4. The number of hydrogen-bond acceptors (Lipinski definition) is 5. The first kappa shape index (κ1) is 14.8. The van der Waals surface area contributed by atoms with Crippen LogP contribution in [0.2, 0.25) is 0 Å². The van der Waals surface area contributed by atoms with Crippen LogP contribution in [0.15, 0.2) is 29.6 Å². The lowest BCUT2D eigenvalue weighted by Crippen LogP contribution is -2.26. The molecule has 0 saturated carbocycles. The zero-order chi connectivity index (χ0) is 15.5. The van der Waals surface area contributed by atoms with Crippen molar-refractivity contribution in [1.29, 1.82) is 0 Å². The van der Waals surface area contributed by atoms with Crippen molar-refractivity contribution in [1.82, 2.24) is 19.1 Å². The van der Waals surface area contributed by atoms with Crippen molar-refractivity contribution in [3.05, 3.63) is 41.0 Å². The molecule has 0 bridgehead atoms. The SMILES string of the molecule is CCn1ccnc1[C@@H]1OCC[C@H]1CNc1nccn(C)c1=O. The molecule has 1 fully saturated rings. The van der Waals surface area contributed by atoms with E-state index in [-0.39, 0.29) is 17.6 Å². The predicted molar refractivity (Wildman–Crippen MR) is 82.7 cm³/mol. The zero-order valence-corrected chi connectivity index (χ0v) is 12.9. The largest absolute Gasteiger partial charge is 0.370 e. The Hall–Kier alpha value is -2.15. The van der Waals surface area contributed by atoms with E-state index in [0.717, 1.165) is 18.8 Å². The maximum absolute atomic E-state index is 12.0. The highest BCUT2D eigenvalue weighted by Gasteiger charge is 2.32. The van der Waals surface area contributed by atoms with Gasteiger partial charge in [-0.15, -0.1) is 0 Å². The van der Waals surface area contributed by atoms with Crippen LogP contribution in [0.5, 0.6) is 0 Å². The van der Waals surface area contributed by atoms with Crippen molar-refractivity contribution in [2.45, 2.75) is 26.0 Å². The Balaban J connectivity index is 1.72. The van der Waals surface area contributed by atoms with Crippen molar-refractivity contribution < 1.29 is 4.74 Å². The second-order valence-electron chi connectivity index (χ2n) is 5.48. The van der Waals surface area contributed by atoms with Gasteiger partial charge in [0, 0.05) is 57.4 Å². The van der Waals surface area contributed by atoms with Crippen molar-refractivity contribution in [3.63, 3.8) is 0 Å². The second-order valence-corrected chi connectivity index (χ2v) is 5.48. The molecule has 3 heterocycles. The van der Waals surface area contributed by atoms with Crippen LogP contribution in [-0.4, -0.2) is 32.3 Å². The normalized spacial score (nSPS) is 21.2. The van der Waals surface area contributed by atoms with Crippen LogP contribution in [0.3, 0.4) is 0 Å². The molecule has 1 aliphatic rings. The quantitative estimate of drug-likeness (QED) is 0.898. The Labute approximate surface area is 129 Å². The molecular formula is C15H21N5O2. The van der Waals surface area contributed by atoms with Gasteiger partial charge in [-0.3, -0.25) is 4.79 Å². The van der Waals surface area contributed by atoms with Crippen molar-refractivity contribution in [2.24, 2.45) is 13.0 Å². The fourth-order valence-electron chi connectivity index (χ4n) is 2.82. The molecule has 1 N–H and O–H groups in total. The van der Waals surface area contributed by atoms with Gasteiger partial charge >= 0.3 is 0 Å². The lowest BCUT2D eigenvalue weighted by molar-refractivity contribution is 0.0832. The number of aromatic nitrogens is 4. The third kappa shape index (κ3) is 2.76. The van der Waals surface area contributed by atoms with Crippen LogP contribution in [-0.2, 0) is 18.3 Å². The van der Waals surface area contributed by atoms with Crippen LogP contribution in [0, 0.1) is 5.92 Å². The highest BCUT2D eigenvalue weighted by Crippen LogP contribution is 2.33. The first-order chi connectivity index (χ1) is 10.7. The maximum Gasteiger partial charge on any atom is 0.293 e. The van der Waals surface area contributed by atoms with Gasteiger partial charge in [-0.05, 0) is 13.3 Å². The lowest BCUT2D eigenvalue weighted by Gasteiger charge is -2.19. The summed E-state index contributed by atoms with van der Waals surface area (Å²) in [5.74, 6) is 1.62. The van der Waals surface area contributed by atoms with E-state index in [9.17, 15) is 4.79 Å². The van der Waals surface area contributed by atoms with E-state index in [2.05, 4.69) is 26.8 Å². The van der Waals surface area contributed by atoms with Gasteiger partial charge in [0.25, 0.3) is 5.56 Å². The molecule has 2 aromatic heterocycles. The number of rotatable bonds is 5. The molecule has 0 radical (unpaired) electrons. The van der Waals surface area contributed by atoms with Crippen LogP contribution in [0.4, 0.5) is 5.82 Å². The Bertz CT molecular complexity index is 693. The summed E-state index contributed by atoms with van der Waals surface area (Å²) in [6.07, 6.45) is 7.95. The monoisotopic (exact) mass is 303 g/mol. The zero-order valence-electron chi connectivity index (χ0n) is 12.9. The molecule has 7 heteroatoms. The van der Waals surface area contributed by atoms with Gasteiger partial charge < -0.3 is 19.2 Å². The van der Waals surface area contributed by atoms with E-state index in [4.69, 9.17) is 4.74 Å². The minimum atomic E-state index is -0.118. The van der Waals surface area contributed by atoms with Crippen molar-refractivity contribution in [3.8, 4) is 0 Å². The highest BCUT2D eigenvalue weighted by atomic mass is 16.5. The molecule has 2 aromatic rings. The summed E-state index contributed by atoms with van der Waals surface area (Å²) in [7, 11) is 1.72. The predicted octanol–water partition coefficient (Wildman–Crippen LogP) is 1.19. The van der Waals surface area contributed by atoms with E-state index in [1.54, 1.807) is 25.6 Å². The lowest BCUT2D eigenvalue weighted by atomic mass is 10.0. The Morgan fingerprint density at radius 1 is 1.36 bits per heavy atom. The number of nitrogens with one attached hydrogen (secondary N) is 1. The molecule has 0 amide bonds. The number of aryl methyl sites for hydroxylation is 2. The molecular weight excluding hydrogens is 282 g/mol. The fraction of sp³-hybridized carbons (Fsp3) is 0.533. The highest BCUT2D eigenvalue weighted by molar-refractivity contribution is 5.30. The summed E-state index contributed by atoms with van der Waals surface area (Å²) in [5, 5.41) is 3.16. The minimum absolute atomic E-state index is 0.0324. The van der Waals surface area contributed by atoms with Crippen LogP contribution >= 0.6 is 0 Å². The molecule has 7 nitrogen and oxygen atoms in total. The van der Waals surface area contributed by atoms with E-state index >= 15 is 0 Å². The Morgan fingerprint density at radius 3 is 3.00 bits per heavy atom. The van der Waals surface area contributed by atoms with Crippen LogP contribution < -0.4 is 10.9 Å². The summed E-state index contributed by atoms with van der Waals surface area (Å²) in [6, 6.07) is 0. The first-order valence-corrected chi connectivity index (χ1v) is 7.58. The third-order valence-electron chi connectivity index (χ3n) is 4.11. The smallest absolute Gasteiger partial charge is 0.293 e. The van der Waals surface area contributed by atoms with Crippen molar-refractivity contribution >= 4 is 5.82 Å². The Morgan fingerprint density at radius 2 is 2.18 bits per heavy atom. The number of anilines is 1. The van der Waals surface area contributed by atoms with Gasteiger partial charge in [0.15, 0.2) is 5.82 Å². The van der Waals surface area contributed by atoms with Gasteiger partial charge in [-0.2, -0.15) is 0 Å². The molecule has 118 valence electrons. The molecule has 3 rings (SSSR count). The van der Waals surface area contributed by atoms with E-state index in [1.165, 1.54) is 4.57 Å². The number of imidazole rings is 1. The Kier molecular flexibility index (Phi) is 4.24. The number of ether oxygens (including phenoxy) is 1. The van der Waals surface area contributed by atoms with Crippen molar-refractivity contribution in [2.75, 3.05) is 18.5 Å². The summed E-state index contributed by atoms with van der Waals surface area (Å²) >= 11 is 0. The molecule has 1 saturated heterocycles. The molecule has 22 heavy (non-hydrogen) atoms. The standard InChI is InChI=1S/C15H21N5O2/c1-3-20-8-6-17-14(20)12-11(4-9-22-12)10-18-13-15(21)19(2)7-5-16-13/h5-8,11-12H,3-4,9-10H2,1-2H3,(H,16,18)/t11-,12+/m0/s1.